The summed E-state index contributed by atoms with van der Waals surface area (Å²) < 4.78 is 11.1. The molecule has 0 aliphatic carbocycles. The first kappa shape index (κ1) is 18.1. The van der Waals surface area contributed by atoms with Crippen molar-refractivity contribution >= 4 is 39.3 Å². The molecule has 2 amide bonds. The lowest BCUT2D eigenvalue weighted by molar-refractivity contribution is -0.123. The third-order valence-electron chi connectivity index (χ3n) is 2.92. The molecule has 0 aromatic heterocycles. The summed E-state index contributed by atoms with van der Waals surface area (Å²) >= 11 is 9.25. The summed E-state index contributed by atoms with van der Waals surface area (Å²) in [5.41, 5.74) is 4.94. The Morgan fingerprint density at radius 3 is 2.46 bits per heavy atom. The van der Waals surface area contributed by atoms with Crippen molar-refractivity contribution in [2.24, 2.45) is 0 Å². The molecule has 0 saturated carbocycles. The Hall–Kier alpha value is -2.25. The van der Waals surface area contributed by atoms with Crippen LogP contribution in [0.25, 0.3) is 0 Å². The number of benzene rings is 2. The molecule has 2 aromatic rings. The van der Waals surface area contributed by atoms with Gasteiger partial charge in [0, 0.05) is 10.0 Å². The van der Waals surface area contributed by atoms with Crippen LogP contribution in [0.3, 0.4) is 0 Å². The number of amides is 2. The number of halogens is 2. The molecule has 0 saturated heterocycles. The fourth-order valence-electron chi connectivity index (χ4n) is 1.71. The van der Waals surface area contributed by atoms with Crippen LogP contribution in [0.1, 0.15) is 10.4 Å². The van der Waals surface area contributed by atoms with Crippen molar-refractivity contribution in [3.05, 3.63) is 57.5 Å². The Balaban J connectivity index is 1.80. The normalized spacial score (nSPS) is 9.96. The molecule has 0 atom stereocenters. The predicted octanol–water partition coefficient (Wildman–Crippen LogP) is 2.95. The SMILES string of the molecule is COc1ccc(C(=O)NNC(=O)COc2ccc(Br)cc2Cl)cc1. The van der Waals surface area contributed by atoms with E-state index in [4.69, 9.17) is 21.1 Å². The number of carbonyl (C=O) groups is 2. The Kier molecular flexibility index (Phi) is 6.45. The zero-order valence-corrected chi connectivity index (χ0v) is 15.0. The highest BCUT2D eigenvalue weighted by Crippen LogP contribution is 2.27. The second kappa shape index (κ2) is 8.56. The van der Waals surface area contributed by atoms with E-state index in [1.807, 2.05) is 0 Å². The minimum atomic E-state index is -0.518. The minimum Gasteiger partial charge on any atom is -0.497 e. The molecule has 0 aliphatic rings. The molecule has 0 radical (unpaired) electrons. The van der Waals surface area contributed by atoms with E-state index in [-0.39, 0.29) is 6.61 Å². The van der Waals surface area contributed by atoms with E-state index in [0.29, 0.717) is 22.1 Å². The highest BCUT2D eigenvalue weighted by molar-refractivity contribution is 9.10. The molecule has 8 heteroatoms. The lowest BCUT2D eigenvalue weighted by Crippen LogP contribution is -2.43. The molecule has 2 aromatic carbocycles. The Labute approximate surface area is 152 Å². The Morgan fingerprint density at radius 1 is 1.12 bits per heavy atom. The maximum absolute atomic E-state index is 11.9. The molecule has 6 nitrogen and oxygen atoms in total. The summed E-state index contributed by atoms with van der Waals surface area (Å²) in [6.07, 6.45) is 0. The monoisotopic (exact) mass is 412 g/mol. The van der Waals surface area contributed by atoms with E-state index in [9.17, 15) is 9.59 Å². The molecular formula is C16H14BrClN2O4. The Morgan fingerprint density at radius 2 is 1.83 bits per heavy atom. The third kappa shape index (κ3) is 5.14. The maximum Gasteiger partial charge on any atom is 0.276 e. The van der Waals surface area contributed by atoms with Gasteiger partial charge in [0.1, 0.15) is 11.5 Å². The fraction of sp³-hybridized carbons (Fsp3) is 0.125. The topological polar surface area (TPSA) is 76.7 Å². The third-order valence-corrected chi connectivity index (χ3v) is 3.71. The molecule has 126 valence electrons. The van der Waals surface area contributed by atoms with Crippen molar-refractivity contribution in [1.82, 2.24) is 10.9 Å². The summed E-state index contributed by atoms with van der Waals surface area (Å²) in [6, 6.07) is 11.5. The zero-order chi connectivity index (χ0) is 17.5. The Bertz CT molecular complexity index is 737. The van der Waals surface area contributed by atoms with Crippen LogP contribution in [0.5, 0.6) is 11.5 Å². The van der Waals surface area contributed by atoms with Crippen LogP contribution in [0.15, 0.2) is 46.9 Å². The number of ether oxygens (including phenoxy) is 2. The lowest BCUT2D eigenvalue weighted by Gasteiger charge is -2.10. The van der Waals surface area contributed by atoms with Crippen LogP contribution in [0.4, 0.5) is 0 Å². The van der Waals surface area contributed by atoms with Gasteiger partial charge < -0.3 is 9.47 Å². The standard InChI is InChI=1S/C16H14BrClN2O4/c1-23-12-5-2-10(3-6-12)16(22)20-19-15(21)9-24-14-7-4-11(17)8-13(14)18/h2-8H,9H2,1H3,(H,19,21)(H,20,22). The molecule has 0 unspecified atom stereocenters. The van der Waals surface area contributed by atoms with Gasteiger partial charge in [-0.3, -0.25) is 20.4 Å². The minimum absolute atomic E-state index is 0.287. The van der Waals surface area contributed by atoms with Gasteiger partial charge in [-0.15, -0.1) is 0 Å². The van der Waals surface area contributed by atoms with Gasteiger partial charge in [0.2, 0.25) is 0 Å². The van der Waals surface area contributed by atoms with Crippen LogP contribution in [-0.4, -0.2) is 25.5 Å². The molecule has 2 rings (SSSR count). The molecule has 0 heterocycles. The number of hydrazine groups is 1. The van der Waals surface area contributed by atoms with Crippen molar-refractivity contribution in [3.63, 3.8) is 0 Å². The average Bonchev–Trinajstić information content (AvgIpc) is 2.59. The van der Waals surface area contributed by atoms with Crippen molar-refractivity contribution < 1.29 is 19.1 Å². The number of carbonyl (C=O) groups excluding carboxylic acids is 2. The van der Waals surface area contributed by atoms with Crippen molar-refractivity contribution in [2.75, 3.05) is 13.7 Å². The van der Waals surface area contributed by atoms with Crippen LogP contribution in [-0.2, 0) is 4.79 Å². The van der Waals surface area contributed by atoms with E-state index in [0.717, 1.165) is 4.47 Å². The number of methoxy groups -OCH3 is 1. The molecule has 24 heavy (non-hydrogen) atoms. The van der Waals surface area contributed by atoms with Gasteiger partial charge in [0.05, 0.1) is 12.1 Å². The predicted molar refractivity (Wildman–Crippen MR) is 93.2 cm³/mol. The largest absolute Gasteiger partial charge is 0.497 e. The number of rotatable bonds is 5. The molecule has 0 bridgehead atoms. The van der Waals surface area contributed by atoms with E-state index in [1.165, 1.54) is 7.11 Å². The molecule has 2 N–H and O–H groups in total. The molecular weight excluding hydrogens is 400 g/mol. The second-order valence-corrected chi connectivity index (χ2v) is 5.92. The first-order valence-corrected chi connectivity index (χ1v) is 7.98. The quantitative estimate of drug-likeness (QED) is 0.739. The summed E-state index contributed by atoms with van der Waals surface area (Å²) in [5.74, 6) is 0.0374. The lowest BCUT2D eigenvalue weighted by atomic mass is 10.2. The highest BCUT2D eigenvalue weighted by atomic mass is 79.9. The van der Waals surface area contributed by atoms with Crippen molar-refractivity contribution in [1.29, 1.82) is 0 Å². The number of hydrogen-bond acceptors (Lipinski definition) is 4. The van der Waals surface area contributed by atoms with Crippen LogP contribution < -0.4 is 20.3 Å². The number of hydrogen-bond donors (Lipinski definition) is 2. The zero-order valence-electron chi connectivity index (χ0n) is 12.6. The van der Waals surface area contributed by atoms with E-state index >= 15 is 0 Å². The smallest absolute Gasteiger partial charge is 0.276 e. The van der Waals surface area contributed by atoms with Gasteiger partial charge in [-0.2, -0.15) is 0 Å². The van der Waals surface area contributed by atoms with Gasteiger partial charge >= 0.3 is 0 Å². The molecule has 0 spiro atoms. The second-order valence-electron chi connectivity index (χ2n) is 4.59. The maximum atomic E-state index is 11.9. The van der Waals surface area contributed by atoms with Gasteiger partial charge in [-0.1, -0.05) is 27.5 Å². The number of nitrogens with one attached hydrogen (secondary N) is 2. The van der Waals surface area contributed by atoms with Gasteiger partial charge in [0.15, 0.2) is 6.61 Å². The van der Waals surface area contributed by atoms with Gasteiger partial charge in [0.25, 0.3) is 11.8 Å². The van der Waals surface area contributed by atoms with Crippen molar-refractivity contribution in [2.45, 2.75) is 0 Å². The van der Waals surface area contributed by atoms with Crippen molar-refractivity contribution in [3.8, 4) is 11.5 Å². The summed E-state index contributed by atoms with van der Waals surface area (Å²) in [7, 11) is 1.53. The average molecular weight is 414 g/mol. The van der Waals surface area contributed by atoms with Crippen LogP contribution in [0, 0.1) is 0 Å². The highest BCUT2D eigenvalue weighted by Gasteiger charge is 2.09. The molecule has 0 aliphatic heterocycles. The van der Waals surface area contributed by atoms with E-state index in [2.05, 4.69) is 26.8 Å². The van der Waals surface area contributed by atoms with Crippen LogP contribution in [0.2, 0.25) is 5.02 Å². The first-order chi connectivity index (χ1) is 11.5. The van der Waals surface area contributed by atoms with Gasteiger partial charge in [-0.05, 0) is 42.5 Å². The van der Waals surface area contributed by atoms with Gasteiger partial charge in [-0.25, -0.2) is 0 Å². The summed E-state index contributed by atoms with van der Waals surface area (Å²) in [4.78, 5) is 23.6. The van der Waals surface area contributed by atoms with E-state index < -0.39 is 11.8 Å². The summed E-state index contributed by atoms with van der Waals surface area (Å²) in [6.45, 7) is -0.287. The summed E-state index contributed by atoms with van der Waals surface area (Å²) in [5, 5.41) is 0.374. The fourth-order valence-corrected chi connectivity index (χ4v) is 2.44. The van der Waals surface area contributed by atoms with E-state index in [1.54, 1.807) is 42.5 Å². The molecule has 0 fully saturated rings. The first-order valence-electron chi connectivity index (χ1n) is 6.80. The van der Waals surface area contributed by atoms with Crippen LogP contribution >= 0.6 is 27.5 Å².